The molecule has 0 atom stereocenters. The van der Waals surface area contributed by atoms with E-state index < -0.39 is 4.92 Å². The predicted octanol–water partition coefficient (Wildman–Crippen LogP) is 2.52. The highest BCUT2D eigenvalue weighted by Gasteiger charge is 2.19. The number of pyridine rings is 1. The Hall–Kier alpha value is -1.69. The monoisotopic (exact) mass is 296 g/mol. The molecule has 0 N–H and O–H groups in total. The van der Waals surface area contributed by atoms with E-state index in [0.29, 0.717) is 20.9 Å². The number of nitrogens with zero attached hydrogens (tertiary/aromatic N) is 2. The van der Waals surface area contributed by atoms with Crippen molar-refractivity contribution in [3.63, 3.8) is 0 Å². The number of nitro benzene ring substituents is 1. The molecule has 17 heavy (non-hydrogen) atoms. The predicted molar refractivity (Wildman–Crippen MR) is 68.3 cm³/mol. The lowest BCUT2D eigenvalue weighted by Crippen LogP contribution is -2.16. The van der Waals surface area contributed by atoms with Crippen molar-refractivity contribution in [3.05, 3.63) is 48.7 Å². The van der Waals surface area contributed by atoms with Crippen LogP contribution in [-0.4, -0.2) is 9.49 Å². The molecule has 1 aromatic heterocycles. The molecule has 6 heteroatoms. The number of nitro groups is 1. The lowest BCUT2D eigenvalue weighted by molar-refractivity contribution is -0.383. The summed E-state index contributed by atoms with van der Waals surface area (Å²) in [6.45, 7) is 1.67. The fourth-order valence-corrected chi connectivity index (χ4v) is 2.72. The van der Waals surface area contributed by atoms with Crippen molar-refractivity contribution in [2.75, 3.05) is 0 Å². The van der Waals surface area contributed by atoms with E-state index in [-0.39, 0.29) is 11.2 Å². The van der Waals surface area contributed by atoms with Crippen molar-refractivity contribution in [2.45, 2.75) is 6.92 Å². The maximum absolute atomic E-state index is 11.5. The molecule has 0 radical (unpaired) electrons. The third-order valence-corrected chi connectivity index (χ3v) is 3.30. The molecule has 5 nitrogen and oxygen atoms in total. The third-order valence-electron chi connectivity index (χ3n) is 2.69. The summed E-state index contributed by atoms with van der Waals surface area (Å²) >= 11 is 3.33. The number of hydrogen-bond donors (Lipinski definition) is 0. The van der Waals surface area contributed by atoms with Crippen molar-refractivity contribution in [1.82, 2.24) is 4.57 Å². The lowest BCUT2D eigenvalue weighted by Gasteiger charge is -2.08. The van der Waals surface area contributed by atoms with E-state index in [4.69, 9.17) is 0 Å². The van der Waals surface area contributed by atoms with Crippen LogP contribution in [0.1, 0.15) is 5.56 Å². The average molecular weight is 297 g/mol. The molecule has 0 aliphatic heterocycles. The molecule has 0 aliphatic rings. The number of rotatable bonds is 1. The van der Waals surface area contributed by atoms with Crippen LogP contribution in [0.15, 0.2) is 27.5 Å². The van der Waals surface area contributed by atoms with Gasteiger partial charge in [0.25, 0.3) is 11.2 Å². The summed E-state index contributed by atoms with van der Waals surface area (Å²) in [6.07, 6.45) is 0. The van der Waals surface area contributed by atoms with Crippen LogP contribution in [-0.2, 0) is 7.05 Å². The van der Waals surface area contributed by atoms with Gasteiger partial charge in [0.2, 0.25) is 0 Å². The van der Waals surface area contributed by atoms with Crippen LogP contribution in [0, 0.1) is 17.0 Å². The molecule has 1 heterocycles. The minimum absolute atomic E-state index is 0.0406. The van der Waals surface area contributed by atoms with Crippen LogP contribution in [0.4, 0.5) is 5.69 Å². The van der Waals surface area contributed by atoms with E-state index in [2.05, 4.69) is 15.9 Å². The van der Waals surface area contributed by atoms with Crippen molar-refractivity contribution in [3.8, 4) is 0 Å². The van der Waals surface area contributed by atoms with Crippen LogP contribution in [0.3, 0.4) is 0 Å². The van der Waals surface area contributed by atoms with E-state index >= 15 is 0 Å². The maximum Gasteiger partial charge on any atom is 0.281 e. The van der Waals surface area contributed by atoms with E-state index in [1.807, 2.05) is 0 Å². The Morgan fingerprint density at radius 3 is 2.65 bits per heavy atom. The highest BCUT2D eigenvalue weighted by atomic mass is 79.9. The number of aryl methyl sites for hydroxylation is 2. The molecule has 2 aromatic rings. The first-order valence-electron chi connectivity index (χ1n) is 4.86. The molecule has 0 spiro atoms. The van der Waals surface area contributed by atoms with Crippen LogP contribution in [0.2, 0.25) is 0 Å². The average Bonchev–Trinajstić information content (AvgIpc) is 2.22. The quantitative estimate of drug-likeness (QED) is 0.600. The Labute approximate surface area is 105 Å². The van der Waals surface area contributed by atoms with Gasteiger partial charge in [-0.05, 0) is 35.0 Å². The Bertz CT molecular complexity index is 691. The second-order valence-electron chi connectivity index (χ2n) is 3.77. The molecule has 0 saturated heterocycles. The van der Waals surface area contributed by atoms with Crippen molar-refractivity contribution in [1.29, 1.82) is 0 Å². The molecular weight excluding hydrogens is 288 g/mol. The zero-order valence-electron chi connectivity index (χ0n) is 9.23. The van der Waals surface area contributed by atoms with Crippen LogP contribution < -0.4 is 5.56 Å². The second kappa shape index (κ2) is 3.96. The van der Waals surface area contributed by atoms with Crippen LogP contribution in [0.25, 0.3) is 10.9 Å². The minimum Gasteiger partial charge on any atom is -0.310 e. The number of benzene rings is 1. The Morgan fingerprint density at radius 1 is 1.41 bits per heavy atom. The zero-order valence-corrected chi connectivity index (χ0v) is 10.8. The molecule has 0 amide bonds. The Kier molecular flexibility index (Phi) is 2.74. The standard InChI is InChI=1S/C11H9BrN2O3/c1-6-5-8(12)11-7(10(6)14(16)17)3-4-9(15)13(11)2/h3-5H,1-2H3. The number of aromatic nitrogens is 1. The molecule has 0 aliphatic carbocycles. The molecule has 0 bridgehead atoms. The fourth-order valence-electron chi connectivity index (χ4n) is 1.90. The van der Waals surface area contributed by atoms with Gasteiger partial charge in [0.15, 0.2) is 0 Å². The van der Waals surface area contributed by atoms with E-state index in [1.165, 1.54) is 16.7 Å². The first-order valence-corrected chi connectivity index (χ1v) is 5.66. The topological polar surface area (TPSA) is 65.1 Å². The summed E-state index contributed by atoms with van der Waals surface area (Å²) in [4.78, 5) is 22.1. The van der Waals surface area contributed by atoms with E-state index in [9.17, 15) is 14.9 Å². The number of fused-ring (bicyclic) bond motifs is 1. The normalized spacial score (nSPS) is 10.8. The van der Waals surface area contributed by atoms with Gasteiger partial charge in [-0.25, -0.2) is 0 Å². The highest BCUT2D eigenvalue weighted by molar-refractivity contribution is 9.10. The molecule has 0 unspecified atom stereocenters. The molecular formula is C11H9BrN2O3. The summed E-state index contributed by atoms with van der Waals surface area (Å²) in [7, 11) is 1.59. The van der Waals surface area contributed by atoms with Gasteiger partial charge in [0, 0.05) is 23.2 Å². The number of hydrogen-bond acceptors (Lipinski definition) is 3. The lowest BCUT2D eigenvalue weighted by atomic mass is 10.1. The Morgan fingerprint density at radius 2 is 2.06 bits per heavy atom. The van der Waals surface area contributed by atoms with Gasteiger partial charge in [-0.3, -0.25) is 14.9 Å². The largest absolute Gasteiger partial charge is 0.310 e. The summed E-state index contributed by atoms with van der Waals surface area (Å²) in [5, 5.41) is 11.5. The molecule has 0 saturated carbocycles. The smallest absolute Gasteiger partial charge is 0.281 e. The van der Waals surface area contributed by atoms with Crippen LogP contribution in [0.5, 0.6) is 0 Å². The van der Waals surface area contributed by atoms with Gasteiger partial charge in [0.1, 0.15) is 0 Å². The molecule has 1 aromatic carbocycles. The van der Waals surface area contributed by atoms with Crippen molar-refractivity contribution in [2.24, 2.45) is 7.05 Å². The second-order valence-corrected chi connectivity index (χ2v) is 4.63. The Balaban J connectivity index is 3.09. The summed E-state index contributed by atoms with van der Waals surface area (Å²) in [6, 6.07) is 4.48. The van der Waals surface area contributed by atoms with Gasteiger partial charge in [-0.15, -0.1) is 0 Å². The van der Waals surface area contributed by atoms with Crippen molar-refractivity contribution >= 4 is 32.5 Å². The molecule has 88 valence electrons. The summed E-state index contributed by atoms with van der Waals surface area (Å²) < 4.78 is 2.07. The third kappa shape index (κ3) is 1.74. The van der Waals surface area contributed by atoms with Gasteiger partial charge >= 0.3 is 0 Å². The first kappa shape index (κ1) is 11.8. The van der Waals surface area contributed by atoms with Gasteiger partial charge in [-0.1, -0.05) is 0 Å². The van der Waals surface area contributed by atoms with Gasteiger partial charge in [-0.2, -0.15) is 0 Å². The fraction of sp³-hybridized carbons (Fsp3) is 0.182. The van der Waals surface area contributed by atoms with E-state index in [0.717, 1.165) is 0 Å². The first-order chi connectivity index (χ1) is 7.93. The molecule has 0 fully saturated rings. The highest BCUT2D eigenvalue weighted by Crippen LogP contribution is 2.33. The summed E-state index contributed by atoms with van der Waals surface area (Å²) in [5.41, 5.74) is 0.943. The molecule has 2 rings (SSSR count). The van der Waals surface area contributed by atoms with Crippen molar-refractivity contribution < 1.29 is 4.92 Å². The van der Waals surface area contributed by atoms with Gasteiger partial charge < -0.3 is 4.57 Å². The minimum atomic E-state index is -0.422. The van der Waals surface area contributed by atoms with Gasteiger partial charge in [0.05, 0.1) is 15.8 Å². The summed E-state index contributed by atoms with van der Waals surface area (Å²) in [5.74, 6) is 0. The van der Waals surface area contributed by atoms with Crippen LogP contribution >= 0.6 is 15.9 Å². The zero-order chi connectivity index (χ0) is 12.7. The maximum atomic E-state index is 11.5. The van der Waals surface area contributed by atoms with E-state index in [1.54, 1.807) is 20.0 Å². The number of halogens is 1. The SMILES string of the molecule is Cc1cc(Br)c2c(ccc(=O)n2C)c1[N+](=O)[O-].